The number of aromatic nitrogens is 1. The van der Waals surface area contributed by atoms with Crippen LogP contribution in [0.15, 0.2) is 54.6 Å². The van der Waals surface area contributed by atoms with Crippen LogP contribution < -0.4 is 24.8 Å². The molecule has 6 rings (SSSR count). The predicted molar refractivity (Wildman–Crippen MR) is 219 cm³/mol. The van der Waals surface area contributed by atoms with Gasteiger partial charge in [0.05, 0.1) is 29.6 Å². The molecule has 0 radical (unpaired) electrons. The van der Waals surface area contributed by atoms with E-state index >= 15 is 0 Å². The van der Waals surface area contributed by atoms with Crippen LogP contribution in [0.1, 0.15) is 93.9 Å². The molecule has 3 N–H and O–H groups in total. The number of ether oxygens (including phenoxy) is 3. The third kappa shape index (κ3) is 8.74. The molecule has 0 bridgehead atoms. The van der Waals surface area contributed by atoms with Crippen molar-refractivity contribution in [2.24, 2.45) is 11.3 Å². The maximum absolute atomic E-state index is 14.7. The second-order valence-corrected chi connectivity index (χ2v) is 20.0. The number of hydrogen-bond acceptors (Lipinski definition) is 10. The number of nitrogens with zero attached hydrogens (tertiary/aromatic N) is 2. The number of carbonyl (C=O) groups excluding carboxylic acids is 4. The van der Waals surface area contributed by atoms with Gasteiger partial charge in [-0.25, -0.2) is 18.2 Å². The van der Waals surface area contributed by atoms with E-state index in [0.29, 0.717) is 53.8 Å². The largest absolute Gasteiger partial charge is 0.497 e. The Labute approximate surface area is 341 Å². The molecular formula is C43H57N5O9S. The van der Waals surface area contributed by atoms with Crippen LogP contribution in [0.2, 0.25) is 0 Å². The quantitative estimate of drug-likeness (QED) is 0.189. The second kappa shape index (κ2) is 15.7. The lowest BCUT2D eigenvalue weighted by molar-refractivity contribution is -0.143. The van der Waals surface area contributed by atoms with E-state index in [2.05, 4.69) is 15.4 Å². The van der Waals surface area contributed by atoms with Gasteiger partial charge in [-0.3, -0.25) is 19.1 Å². The number of carbonyl (C=O) groups is 4. The van der Waals surface area contributed by atoms with Crippen molar-refractivity contribution in [3.8, 4) is 22.8 Å². The molecule has 0 spiro atoms. The lowest BCUT2D eigenvalue weighted by Gasteiger charge is -2.36. The van der Waals surface area contributed by atoms with Crippen LogP contribution >= 0.6 is 0 Å². The lowest BCUT2D eigenvalue weighted by atomic mass is 9.85. The maximum atomic E-state index is 14.7. The van der Waals surface area contributed by atoms with Gasteiger partial charge in [-0.1, -0.05) is 71.4 Å². The van der Waals surface area contributed by atoms with E-state index < -0.39 is 73.3 Å². The van der Waals surface area contributed by atoms with E-state index in [-0.39, 0.29) is 25.3 Å². The Bertz CT molecular complexity index is 2180. The van der Waals surface area contributed by atoms with Crippen molar-refractivity contribution in [3.63, 3.8) is 0 Å². The average Bonchev–Trinajstić information content (AvgIpc) is 4.07. The van der Waals surface area contributed by atoms with E-state index in [4.69, 9.17) is 19.2 Å². The summed E-state index contributed by atoms with van der Waals surface area (Å²) >= 11 is 0. The van der Waals surface area contributed by atoms with Gasteiger partial charge in [-0.15, -0.1) is 0 Å². The zero-order valence-electron chi connectivity index (χ0n) is 34.9. The van der Waals surface area contributed by atoms with E-state index in [1.54, 1.807) is 61.6 Å². The zero-order chi connectivity index (χ0) is 42.4. The number of likely N-dealkylation sites (tertiary alicyclic amines) is 1. The summed E-state index contributed by atoms with van der Waals surface area (Å²) in [7, 11) is -2.42. The summed E-state index contributed by atoms with van der Waals surface area (Å²) in [5.74, 6) is -1.17. The molecule has 1 aliphatic heterocycles. The van der Waals surface area contributed by atoms with Gasteiger partial charge in [0.15, 0.2) is 0 Å². The van der Waals surface area contributed by atoms with Gasteiger partial charge in [0, 0.05) is 29.5 Å². The highest BCUT2D eigenvalue weighted by molar-refractivity contribution is 7.91. The number of sulfonamides is 1. The molecule has 15 heteroatoms. The molecule has 5 unspecified atom stereocenters. The van der Waals surface area contributed by atoms with Gasteiger partial charge >= 0.3 is 6.09 Å². The summed E-state index contributed by atoms with van der Waals surface area (Å²) in [6, 6.07) is 14.6. The van der Waals surface area contributed by atoms with Crippen LogP contribution in [0, 0.1) is 11.3 Å². The summed E-state index contributed by atoms with van der Waals surface area (Å²) in [6.07, 6.45) is 0.577. The Balaban J connectivity index is 1.34. The summed E-state index contributed by atoms with van der Waals surface area (Å²) in [5.41, 5.74) is -1.02. The number of nitrogens with one attached hydrogen (secondary N) is 3. The molecule has 3 aliphatic rings. The van der Waals surface area contributed by atoms with E-state index in [1.807, 2.05) is 55.5 Å². The van der Waals surface area contributed by atoms with Crippen molar-refractivity contribution in [2.75, 3.05) is 13.7 Å². The van der Waals surface area contributed by atoms with Crippen LogP contribution in [0.4, 0.5) is 4.79 Å². The minimum Gasteiger partial charge on any atom is -0.497 e. The van der Waals surface area contributed by atoms with Gasteiger partial charge in [0.1, 0.15) is 40.8 Å². The Kier molecular flexibility index (Phi) is 11.5. The van der Waals surface area contributed by atoms with Crippen LogP contribution in [0.5, 0.6) is 11.5 Å². The molecule has 4 amide bonds. The van der Waals surface area contributed by atoms with Gasteiger partial charge in [-0.05, 0) is 69.9 Å². The van der Waals surface area contributed by atoms with Crippen molar-refractivity contribution in [3.05, 3.63) is 54.6 Å². The van der Waals surface area contributed by atoms with E-state index in [9.17, 15) is 27.6 Å². The van der Waals surface area contributed by atoms with Crippen LogP contribution in [0.25, 0.3) is 22.2 Å². The van der Waals surface area contributed by atoms with E-state index in [0.717, 1.165) is 5.56 Å². The first kappa shape index (κ1) is 42.7. The summed E-state index contributed by atoms with van der Waals surface area (Å²) < 4.78 is 45.7. The van der Waals surface area contributed by atoms with Gasteiger partial charge < -0.3 is 29.7 Å². The first-order valence-electron chi connectivity index (χ1n) is 20.1. The second-order valence-electron chi connectivity index (χ2n) is 17.9. The third-order valence-electron chi connectivity index (χ3n) is 11.6. The smallest absolute Gasteiger partial charge is 0.408 e. The van der Waals surface area contributed by atoms with Crippen molar-refractivity contribution < 1.29 is 41.8 Å². The number of rotatable bonds is 13. The number of amides is 4. The highest BCUT2D eigenvalue weighted by atomic mass is 32.2. The van der Waals surface area contributed by atoms with Gasteiger partial charge in [0.2, 0.25) is 21.8 Å². The number of hydrogen-bond donors (Lipinski definition) is 3. The van der Waals surface area contributed by atoms with Crippen molar-refractivity contribution in [2.45, 2.75) is 128 Å². The molecule has 3 fully saturated rings. The van der Waals surface area contributed by atoms with E-state index in [1.165, 1.54) is 4.90 Å². The molecule has 2 aliphatic carbocycles. The molecule has 2 aromatic carbocycles. The topological polar surface area (TPSA) is 182 Å². The number of pyridine rings is 1. The molecular weight excluding hydrogens is 763 g/mol. The fourth-order valence-electron chi connectivity index (χ4n) is 7.84. The Morgan fingerprint density at radius 1 is 0.983 bits per heavy atom. The predicted octanol–water partition coefficient (Wildman–Crippen LogP) is 5.87. The maximum Gasteiger partial charge on any atom is 0.408 e. The number of fused-ring (bicyclic) bond motifs is 1. The normalized spacial score (nSPS) is 23.1. The molecule has 314 valence electrons. The van der Waals surface area contributed by atoms with Crippen molar-refractivity contribution >= 4 is 44.7 Å². The molecule has 1 aromatic heterocycles. The first-order chi connectivity index (χ1) is 27.2. The highest BCUT2D eigenvalue weighted by Crippen LogP contribution is 2.49. The van der Waals surface area contributed by atoms with Crippen molar-refractivity contribution in [1.82, 2.24) is 25.2 Å². The molecule has 14 nitrogen and oxygen atoms in total. The molecule has 3 aromatic rings. The lowest BCUT2D eigenvalue weighted by Crippen LogP contribution is -2.60. The average molecular weight is 820 g/mol. The highest BCUT2D eigenvalue weighted by Gasteiger charge is 2.63. The van der Waals surface area contributed by atoms with Crippen molar-refractivity contribution in [1.29, 1.82) is 0 Å². The Morgan fingerprint density at radius 3 is 2.24 bits per heavy atom. The molecule has 2 saturated carbocycles. The van der Waals surface area contributed by atoms with Crippen LogP contribution in [0.3, 0.4) is 0 Å². The fourth-order valence-corrected chi connectivity index (χ4v) is 9.50. The molecule has 1 saturated heterocycles. The summed E-state index contributed by atoms with van der Waals surface area (Å²) in [4.78, 5) is 62.6. The monoisotopic (exact) mass is 819 g/mol. The van der Waals surface area contributed by atoms with Gasteiger partial charge in [0.25, 0.3) is 5.91 Å². The third-order valence-corrected chi connectivity index (χ3v) is 13.9. The summed E-state index contributed by atoms with van der Waals surface area (Å²) in [5, 5.41) is 6.35. The zero-order valence-corrected chi connectivity index (χ0v) is 35.7. The number of methoxy groups -OCH3 is 1. The number of benzene rings is 2. The minimum absolute atomic E-state index is 0.0350. The standard InChI is InChI=1S/C43H57N5O9S/c1-10-27-24-43(27,38(51)47-58(53,54)42(11-2)19-20-42)46-36(49)33-22-29(25-48(33)37(50)35(40(3,4)5)45-39(52)57-41(6,7)8)56-34-23-31(26-15-13-12-14-16-26)44-32-21-28(55-9)17-18-30(32)34/h12-18,21,23,27,29,33,35H,10-11,19-20,22,24-25H2,1-9H3,(H,45,52)(H,46,49)(H,47,51). The fraction of sp³-hybridized carbons (Fsp3) is 0.558. The Hall–Kier alpha value is -4.92. The minimum atomic E-state index is -3.99. The first-order valence-corrected chi connectivity index (χ1v) is 21.5. The molecule has 2 heterocycles. The molecule has 58 heavy (non-hydrogen) atoms. The van der Waals surface area contributed by atoms with Crippen LogP contribution in [-0.2, 0) is 29.1 Å². The van der Waals surface area contributed by atoms with Crippen LogP contribution in [-0.4, -0.2) is 89.8 Å². The molecule has 5 atom stereocenters. The SMILES string of the molecule is CCC1CC1(NC(=O)C1CC(Oc2cc(-c3ccccc3)nc3cc(OC)ccc23)CN1C(=O)C(NC(=O)OC(C)(C)C)C(C)(C)C)C(=O)NS(=O)(=O)C1(CC)CC1. The summed E-state index contributed by atoms with van der Waals surface area (Å²) in [6.45, 7) is 14.2. The Morgan fingerprint density at radius 2 is 1.67 bits per heavy atom. The van der Waals surface area contributed by atoms with Gasteiger partial charge in [-0.2, -0.15) is 0 Å². The number of alkyl carbamates (subject to hydrolysis) is 1.